The molecule has 2 aromatic rings. The first-order chi connectivity index (χ1) is 17.0. The predicted octanol–water partition coefficient (Wildman–Crippen LogP) is 6.36. The summed E-state index contributed by atoms with van der Waals surface area (Å²) >= 11 is 0. The molecule has 1 saturated heterocycles. The molecule has 2 amide bonds. The molecule has 3 rings (SSSR count). The zero-order valence-corrected chi connectivity index (χ0v) is 22.8. The highest BCUT2D eigenvalue weighted by atomic mass is 28.4. The topological polar surface area (TPSA) is 65.1 Å². The van der Waals surface area contributed by atoms with Crippen molar-refractivity contribution in [3.63, 3.8) is 0 Å². The second-order valence-corrected chi connectivity index (χ2v) is 15.2. The fraction of sp³-hybridized carbons (Fsp3) is 0.379. The third-order valence-corrected chi connectivity index (χ3v) is 11.3. The molecule has 0 spiro atoms. The largest absolute Gasteiger partial charge is 0.465 e. The summed E-state index contributed by atoms with van der Waals surface area (Å²) in [5.41, 5.74) is 1.03. The lowest BCUT2D eigenvalue weighted by atomic mass is 9.98. The maximum absolute atomic E-state index is 13.8. The third-order valence-electron chi connectivity index (χ3n) is 6.86. The maximum Gasteiger partial charge on any atom is 0.417 e. The van der Waals surface area contributed by atoms with Crippen molar-refractivity contribution in [1.29, 1.82) is 0 Å². The van der Waals surface area contributed by atoms with Gasteiger partial charge in [-0.1, -0.05) is 75.4 Å². The van der Waals surface area contributed by atoms with Crippen molar-refractivity contribution >= 4 is 20.3 Å². The summed E-state index contributed by atoms with van der Waals surface area (Å²) < 4.78 is 17.7. The van der Waals surface area contributed by atoms with E-state index in [1.54, 1.807) is 18.4 Å². The molecule has 0 radical (unpaired) electrons. The molecule has 1 aliphatic heterocycles. The minimum absolute atomic E-state index is 0.0867. The molecule has 36 heavy (non-hydrogen) atoms. The van der Waals surface area contributed by atoms with Gasteiger partial charge < -0.3 is 13.9 Å². The number of cyclic esters (lactones) is 1. The average molecular weight is 508 g/mol. The number of ether oxygens (including phenoxy) is 2. The van der Waals surface area contributed by atoms with Crippen LogP contribution in [0.3, 0.4) is 0 Å². The normalized spacial score (nSPS) is 18.1. The van der Waals surface area contributed by atoms with E-state index in [1.165, 1.54) is 4.90 Å². The number of amides is 2. The molecule has 1 fully saturated rings. The molecule has 6 nitrogen and oxygen atoms in total. The smallest absolute Gasteiger partial charge is 0.417 e. The number of hydrogen-bond acceptors (Lipinski definition) is 5. The summed E-state index contributed by atoms with van der Waals surface area (Å²) in [6.07, 6.45) is 4.06. The van der Waals surface area contributed by atoms with Crippen molar-refractivity contribution in [2.45, 2.75) is 57.5 Å². The second-order valence-electron chi connectivity index (χ2n) is 10.5. The van der Waals surface area contributed by atoms with Gasteiger partial charge in [0.15, 0.2) is 8.32 Å². The number of carbonyl (C=O) groups excluding carboxylic acids is 2. The van der Waals surface area contributed by atoms with E-state index in [0.29, 0.717) is 12.2 Å². The van der Waals surface area contributed by atoms with Crippen LogP contribution in [0.2, 0.25) is 18.1 Å². The molecule has 0 bridgehead atoms. The van der Waals surface area contributed by atoms with Gasteiger partial charge in [-0.2, -0.15) is 0 Å². The monoisotopic (exact) mass is 507 g/mol. The Hall–Kier alpha value is -3.16. The second kappa shape index (κ2) is 11.7. The SMILES string of the molecule is C=C[C@H](C(=O)N1C(=O)OC[C@@H]1Cc1ccccc1)[C@@H](/C=C/Oc1ccccc1)O[Si](C)(C)C(C)(C)C. The van der Waals surface area contributed by atoms with Crippen molar-refractivity contribution < 1.29 is 23.5 Å². The van der Waals surface area contributed by atoms with E-state index in [0.717, 1.165) is 5.56 Å². The molecule has 0 unspecified atom stereocenters. The van der Waals surface area contributed by atoms with Gasteiger partial charge in [0, 0.05) is 0 Å². The van der Waals surface area contributed by atoms with Gasteiger partial charge in [-0.05, 0) is 48.3 Å². The molecular formula is C29H37NO5Si. The summed E-state index contributed by atoms with van der Waals surface area (Å²) in [6.45, 7) is 14.7. The van der Waals surface area contributed by atoms with E-state index >= 15 is 0 Å². The van der Waals surface area contributed by atoms with E-state index in [2.05, 4.69) is 40.4 Å². The number of rotatable bonds is 10. The van der Waals surface area contributed by atoms with Crippen molar-refractivity contribution in [3.8, 4) is 5.75 Å². The zero-order valence-electron chi connectivity index (χ0n) is 21.8. The standard InChI is InChI=1S/C29H37NO5Si/c1-7-25(27(31)30-23(21-34-28(30)32)20-22-14-10-8-11-15-22)26(35-36(5,6)29(2,3)4)18-19-33-24-16-12-9-13-17-24/h7-19,23,25-26H,1,20-21H2,2-6H3/b19-18+/t23-,25-,26+/m0/s1. The molecule has 0 aliphatic carbocycles. The summed E-state index contributed by atoms with van der Waals surface area (Å²) in [5, 5.41) is -0.0867. The third kappa shape index (κ3) is 6.74. The molecule has 1 heterocycles. The summed E-state index contributed by atoms with van der Waals surface area (Å²) in [6, 6.07) is 18.7. The molecule has 3 atom stereocenters. The fourth-order valence-electron chi connectivity index (χ4n) is 3.75. The summed E-state index contributed by atoms with van der Waals surface area (Å²) in [4.78, 5) is 27.7. The van der Waals surface area contributed by atoms with Gasteiger partial charge in [0.25, 0.3) is 0 Å². The van der Waals surface area contributed by atoms with Crippen LogP contribution in [0, 0.1) is 5.92 Å². The fourth-order valence-corrected chi connectivity index (χ4v) is 5.01. The van der Waals surface area contributed by atoms with Crippen LogP contribution in [-0.4, -0.2) is 44.0 Å². The van der Waals surface area contributed by atoms with Gasteiger partial charge in [0.05, 0.1) is 24.3 Å². The molecule has 0 saturated carbocycles. The Labute approximate surface area is 215 Å². The molecule has 192 valence electrons. The molecule has 1 aliphatic rings. The highest BCUT2D eigenvalue weighted by Gasteiger charge is 2.45. The van der Waals surface area contributed by atoms with Crippen molar-refractivity contribution in [3.05, 3.63) is 91.2 Å². The van der Waals surface area contributed by atoms with Crippen LogP contribution < -0.4 is 4.74 Å². The van der Waals surface area contributed by atoms with Gasteiger partial charge in [0.2, 0.25) is 5.91 Å². The quantitative estimate of drug-likeness (QED) is 0.213. The first-order valence-electron chi connectivity index (χ1n) is 12.3. The van der Waals surface area contributed by atoms with Crippen LogP contribution in [0.1, 0.15) is 26.3 Å². The molecule has 2 aromatic carbocycles. The number of nitrogens with zero attached hydrogens (tertiary/aromatic N) is 1. The lowest BCUT2D eigenvalue weighted by Crippen LogP contribution is -2.50. The van der Waals surface area contributed by atoms with Gasteiger partial charge in [-0.3, -0.25) is 4.79 Å². The van der Waals surface area contributed by atoms with E-state index in [4.69, 9.17) is 13.9 Å². The van der Waals surface area contributed by atoms with Crippen LogP contribution in [0.4, 0.5) is 4.79 Å². The minimum Gasteiger partial charge on any atom is -0.465 e. The highest BCUT2D eigenvalue weighted by molar-refractivity contribution is 6.74. The summed E-state index contributed by atoms with van der Waals surface area (Å²) in [7, 11) is -2.30. The van der Waals surface area contributed by atoms with Crippen LogP contribution >= 0.6 is 0 Å². The Morgan fingerprint density at radius 3 is 2.33 bits per heavy atom. The minimum atomic E-state index is -2.30. The first-order valence-corrected chi connectivity index (χ1v) is 15.2. The van der Waals surface area contributed by atoms with E-state index in [9.17, 15) is 9.59 Å². The van der Waals surface area contributed by atoms with Crippen LogP contribution in [0.25, 0.3) is 0 Å². The van der Waals surface area contributed by atoms with Crippen LogP contribution in [0.15, 0.2) is 85.7 Å². The Bertz CT molecular complexity index is 1060. The van der Waals surface area contributed by atoms with E-state index in [-0.39, 0.29) is 17.6 Å². The van der Waals surface area contributed by atoms with Gasteiger partial charge >= 0.3 is 6.09 Å². The Morgan fingerprint density at radius 1 is 1.14 bits per heavy atom. The van der Waals surface area contributed by atoms with Gasteiger partial charge in [0.1, 0.15) is 12.4 Å². The molecule has 0 N–H and O–H groups in total. The van der Waals surface area contributed by atoms with Crippen LogP contribution in [-0.2, 0) is 20.4 Å². The Morgan fingerprint density at radius 2 is 1.75 bits per heavy atom. The maximum atomic E-state index is 13.8. The average Bonchev–Trinajstić information content (AvgIpc) is 3.19. The van der Waals surface area contributed by atoms with E-state index in [1.807, 2.05) is 60.7 Å². The van der Waals surface area contributed by atoms with Crippen molar-refractivity contribution in [2.75, 3.05) is 6.61 Å². The number of para-hydroxylation sites is 1. The van der Waals surface area contributed by atoms with Gasteiger partial charge in [-0.15, -0.1) is 6.58 Å². The zero-order chi connectivity index (χ0) is 26.3. The number of imide groups is 1. The first kappa shape index (κ1) is 27.4. The number of hydrogen-bond donors (Lipinski definition) is 0. The Kier molecular flexibility index (Phi) is 8.92. The predicted molar refractivity (Wildman–Crippen MR) is 144 cm³/mol. The van der Waals surface area contributed by atoms with Crippen LogP contribution in [0.5, 0.6) is 5.75 Å². The lowest BCUT2D eigenvalue weighted by molar-refractivity contribution is -0.133. The molecule has 7 heteroatoms. The van der Waals surface area contributed by atoms with Crippen molar-refractivity contribution in [1.82, 2.24) is 4.90 Å². The molecular weight excluding hydrogens is 470 g/mol. The highest BCUT2D eigenvalue weighted by Crippen LogP contribution is 2.39. The van der Waals surface area contributed by atoms with Crippen molar-refractivity contribution in [2.24, 2.45) is 5.92 Å². The Balaban J connectivity index is 1.87. The lowest BCUT2D eigenvalue weighted by Gasteiger charge is -2.40. The summed E-state index contributed by atoms with van der Waals surface area (Å²) in [5.74, 6) is -0.507. The number of benzene rings is 2. The van der Waals surface area contributed by atoms with Gasteiger partial charge in [-0.25, -0.2) is 9.69 Å². The van der Waals surface area contributed by atoms with E-state index < -0.39 is 32.5 Å². The number of carbonyl (C=O) groups is 2. The molecule has 0 aromatic heterocycles.